The predicted octanol–water partition coefficient (Wildman–Crippen LogP) is 3.85. The fraction of sp³-hybridized carbons (Fsp3) is 0.348. The third-order valence-electron chi connectivity index (χ3n) is 5.96. The number of anilines is 1. The van der Waals surface area contributed by atoms with Crippen LogP contribution in [0.5, 0.6) is 0 Å². The van der Waals surface area contributed by atoms with Crippen LogP contribution in [0.2, 0.25) is 0 Å². The number of hydrogen-bond acceptors (Lipinski definition) is 4. The average Bonchev–Trinajstić information content (AvgIpc) is 3.23. The highest BCUT2D eigenvalue weighted by Crippen LogP contribution is 2.36. The number of carbonyl (C=O) groups is 2. The topological polar surface area (TPSA) is 69.3 Å². The van der Waals surface area contributed by atoms with Gasteiger partial charge in [-0.2, -0.15) is 0 Å². The fourth-order valence-electron chi connectivity index (χ4n) is 4.24. The van der Waals surface area contributed by atoms with Crippen LogP contribution >= 0.6 is 11.3 Å². The summed E-state index contributed by atoms with van der Waals surface area (Å²) in [4.78, 5) is 37.1. The second-order valence-corrected chi connectivity index (χ2v) is 9.16. The first-order valence-corrected chi connectivity index (χ1v) is 11.2. The Hall–Kier alpha value is -2.93. The molecule has 0 radical (unpaired) electrons. The fourth-order valence-corrected chi connectivity index (χ4v) is 4.94. The Morgan fingerprint density at radius 2 is 2.27 bits per heavy atom. The van der Waals surface area contributed by atoms with Gasteiger partial charge < -0.3 is 9.88 Å². The number of carbonyl (C=O) groups excluding carboxylic acids is 2. The van der Waals surface area contributed by atoms with Gasteiger partial charge in [0, 0.05) is 35.6 Å². The van der Waals surface area contributed by atoms with E-state index in [0.717, 1.165) is 40.7 Å². The van der Waals surface area contributed by atoms with E-state index in [2.05, 4.69) is 23.0 Å². The van der Waals surface area contributed by atoms with Gasteiger partial charge >= 0.3 is 0 Å². The van der Waals surface area contributed by atoms with Crippen LogP contribution < -0.4 is 4.90 Å². The van der Waals surface area contributed by atoms with Crippen molar-refractivity contribution in [1.82, 2.24) is 14.9 Å². The first-order chi connectivity index (χ1) is 14.6. The molecule has 6 nitrogen and oxygen atoms in total. The Morgan fingerprint density at radius 3 is 2.97 bits per heavy atom. The SMILES string of the molecule is CC1CN(C(=O)Cc2cccs2)CC=C1c1cc(N(C=O)C2CC2)nc2[nH]ccc12. The van der Waals surface area contributed by atoms with Gasteiger partial charge in [0.05, 0.1) is 6.42 Å². The van der Waals surface area contributed by atoms with Crippen molar-refractivity contribution in [2.75, 3.05) is 18.0 Å². The van der Waals surface area contributed by atoms with Crippen molar-refractivity contribution < 1.29 is 9.59 Å². The van der Waals surface area contributed by atoms with E-state index in [-0.39, 0.29) is 17.9 Å². The van der Waals surface area contributed by atoms with Gasteiger partial charge in [-0.3, -0.25) is 14.5 Å². The summed E-state index contributed by atoms with van der Waals surface area (Å²) in [5.74, 6) is 1.06. The molecule has 0 bridgehead atoms. The molecule has 154 valence electrons. The number of aromatic amines is 1. The van der Waals surface area contributed by atoms with Crippen LogP contribution in [0.3, 0.4) is 0 Å². The van der Waals surface area contributed by atoms with Gasteiger partial charge in [0.1, 0.15) is 11.5 Å². The van der Waals surface area contributed by atoms with Crippen LogP contribution in [0.25, 0.3) is 16.6 Å². The van der Waals surface area contributed by atoms with E-state index in [9.17, 15) is 9.59 Å². The van der Waals surface area contributed by atoms with Crippen molar-refractivity contribution in [2.45, 2.75) is 32.2 Å². The van der Waals surface area contributed by atoms with E-state index >= 15 is 0 Å². The van der Waals surface area contributed by atoms with Crippen LogP contribution in [-0.2, 0) is 16.0 Å². The van der Waals surface area contributed by atoms with Gasteiger partial charge in [-0.25, -0.2) is 4.98 Å². The highest BCUT2D eigenvalue weighted by atomic mass is 32.1. The lowest BCUT2D eigenvalue weighted by molar-refractivity contribution is -0.130. The summed E-state index contributed by atoms with van der Waals surface area (Å²) in [6.07, 6.45) is 7.46. The van der Waals surface area contributed by atoms with Gasteiger partial charge in [0.25, 0.3) is 0 Å². The molecule has 1 N–H and O–H groups in total. The highest BCUT2D eigenvalue weighted by molar-refractivity contribution is 7.10. The molecule has 1 fully saturated rings. The monoisotopic (exact) mass is 420 g/mol. The molecule has 5 rings (SSSR count). The molecule has 2 aliphatic rings. The molecule has 0 aromatic carbocycles. The molecule has 30 heavy (non-hydrogen) atoms. The summed E-state index contributed by atoms with van der Waals surface area (Å²) >= 11 is 1.62. The molecular weight excluding hydrogens is 396 g/mol. The van der Waals surface area contributed by atoms with Crippen molar-refractivity contribution in [2.24, 2.45) is 5.92 Å². The number of pyridine rings is 1. The van der Waals surface area contributed by atoms with E-state index in [0.29, 0.717) is 25.3 Å². The molecule has 7 heteroatoms. The first-order valence-electron chi connectivity index (χ1n) is 10.4. The normalized spacial score (nSPS) is 19.0. The molecule has 2 amide bonds. The number of fused-ring (bicyclic) bond motifs is 1. The average molecular weight is 421 g/mol. The lowest BCUT2D eigenvalue weighted by Crippen LogP contribution is -2.39. The lowest BCUT2D eigenvalue weighted by atomic mass is 9.89. The van der Waals surface area contributed by atoms with Gasteiger partial charge in [-0.1, -0.05) is 19.1 Å². The van der Waals surface area contributed by atoms with Crippen LogP contribution in [0.15, 0.2) is 41.9 Å². The second-order valence-electron chi connectivity index (χ2n) is 8.13. The van der Waals surface area contributed by atoms with E-state index in [4.69, 9.17) is 0 Å². The molecular formula is C23H24N4O2S. The van der Waals surface area contributed by atoms with Crippen molar-refractivity contribution in [3.05, 3.63) is 52.4 Å². The van der Waals surface area contributed by atoms with Crippen molar-refractivity contribution in [3.8, 4) is 0 Å². The molecule has 0 spiro atoms. The number of aromatic nitrogens is 2. The summed E-state index contributed by atoms with van der Waals surface area (Å²) < 4.78 is 0. The summed E-state index contributed by atoms with van der Waals surface area (Å²) in [5.41, 5.74) is 3.10. The Kier molecular flexibility index (Phi) is 4.90. The van der Waals surface area contributed by atoms with Crippen molar-refractivity contribution in [3.63, 3.8) is 0 Å². The maximum absolute atomic E-state index is 12.7. The van der Waals surface area contributed by atoms with Crippen LogP contribution in [-0.4, -0.2) is 46.3 Å². The van der Waals surface area contributed by atoms with Crippen molar-refractivity contribution in [1.29, 1.82) is 0 Å². The van der Waals surface area contributed by atoms with Crippen LogP contribution in [0, 0.1) is 5.92 Å². The van der Waals surface area contributed by atoms with E-state index < -0.39 is 0 Å². The van der Waals surface area contributed by atoms with Crippen molar-refractivity contribution >= 4 is 46.1 Å². The lowest BCUT2D eigenvalue weighted by Gasteiger charge is -2.32. The van der Waals surface area contributed by atoms with E-state index in [1.165, 1.54) is 5.57 Å². The summed E-state index contributed by atoms with van der Waals surface area (Å²) in [5, 5.41) is 3.06. The molecule has 3 aromatic heterocycles. The molecule has 1 aliphatic carbocycles. The Balaban J connectivity index is 1.44. The third-order valence-corrected chi connectivity index (χ3v) is 6.84. The molecule has 4 heterocycles. The number of amides is 2. The number of thiophene rings is 1. The summed E-state index contributed by atoms with van der Waals surface area (Å²) in [7, 11) is 0. The van der Waals surface area contributed by atoms with Crippen LogP contribution in [0.4, 0.5) is 5.82 Å². The Morgan fingerprint density at radius 1 is 1.40 bits per heavy atom. The second kappa shape index (κ2) is 7.72. The van der Waals surface area contributed by atoms with Gasteiger partial charge in [-0.05, 0) is 53.5 Å². The number of nitrogens with one attached hydrogen (secondary N) is 1. The number of rotatable bonds is 6. The number of nitrogens with zero attached hydrogens (tertiary/aromatic N) is 3. The maximum Gasteiger partial charge on any atom is 0.228 e. The molecule has 1 unspecified atom stereocenters. The van der Waals surface area contributed by atoms with Gasteiger partial charge in [-0.15, -0.1) is 11.3 Å². The predicted molar refractivity (Wildman–Crippen MR) is 119 cm³/mol. The first kappa shape index (κ1) is 19.1. The molecule has 1 aliphatic heterocycles. The standard InChI is InChI=1S/C23H24N4O2S/c1-15-13-26(22(29)11-17-3-2-10-30-17)9-7-18(15)20-12-21(27(14-28)16-4-5-16)25-23-19(20)6-8-24-23/h2-3,6-8,10,12,14-16H,4-5,9,11,13H2,1H3,(H,24,25). The third kappa shape index (κ3) is 3.54. The zero-order valence-corrected chi connectivity index (χ0v) is 17.7. The maximum atomic E-state index is 12.7. The molecule has 1 atom stereocenters. The van der Waals surface area contributed by atoms with E-state index in [1.807, 2.05) is 40.7 Å². The molecule has 3 aromatic rings. The largest absolute Gasteiger partial charge is 0.346 e. The molecule has 1 saturated carbocycles. The Bertz CT molecular complexity index is 1110. The minimum absolute atomic E-state index is 0.169. The zero-order chi connectivity index (χ0) is 20.7. The van der Waals surface area contributed by atoms with E-state index in [1.54, 1.807) is 16.2 Å². The number of H-pyrrole nitrogens is 1. The summed E-state index contributed by atoms with van der Waals surface area (Å²) in [6.45, 7) is 3.46. The smallest absolute Gasteiger partial charge is 0.228 e. The Labute approximate surface area is 179 Å². The van der Waals surface area contributed by atoms with Crippen LogP contribution in [0.1, 0.15) is 30.2 Å². The van der Waals surface area contributed by atoms with Gasteiger partial charge in [0.2, 0.25) is 12.3 Å². The zero-order valence-electron chi connectivity index (χ0n) is 16.9. The van der Waals surface area contributed by atoms with Gasteiger partial charge in [0.15, 0.2) is 0 Å². The number of hydrogen-bond donors (Lipinski definition) is 1. The summed E-state index contributed by atoms with van der Waals surface area (Å²) in [6, 6.07) is 8.33. The minimum Gasteiger partial charge on any atom is -0.346 e. The highest BCUT2D eigenvalue weighted by Gasteiger charge is 2.31. The minimum atomic E-state index is 0.169. The molecule has 0 saturated heterocycles. The quantitative estimate of drug-likeness (QED) is 0.616.